The number of esters is 1. The topological polar surface area (TPSA) is 60.0 Å². The maximum Gasteiger partial charge on any atom is 0.341 e. The average molecular weight is 404 g/mol. The largest absolute Gasteiger partial charge is 0.497 e. The quantitative estimate of drug-likeness (QED) is 0.620. The Labute approximate surface area is 176 Å². The molecule has 6 nitrogen and oxygen atoms in total. The van der Waals surface area contributed by atoms with Crippen LogP contribution in [-0.2, 0) is 10.5 Å². The fourth-order valence-electron chi connectivity index (χ4n) is 3.68. The Balaban J connectivity index is 1.87. The molecule has 1 N–H and O–H groups in total. The van der Waals surface area contributed by atoms with Gasteiger partial charge in [-0.05, 0) is 30.3 Å². The van der Waals surface area contributed by atoms with Crippen molar-refractivity contribution >= 4 is 17.3 Å². The summed E-state index contributed by atoms with van der Waals surface area (Å²) in [5.74, 6) is 0.881. The van der Waals surface area contributed by atoms with Gasteiger partial charge in [-0.25, -0.2) is 4.79 Å². The third-order valence-electron chi connectivity index (χ3n) is 5.28. The molecule has 30 heavy (non-hydrogen) atoms. The zero-order valence-electron chi connectivity index (χ0n) is 17.4. The van der Waals surface area contributed by atoms with Gasteiger partial charge >= 0.3 is 5.97 Å². The number of hydrogen-bond acceptors (Lipinski definition) is 6. The van der Waals surface area contributed by atoms with Crippen LogP contribution in [0.15, 0.2) is 66.7 Å². The summed E-state index contributed by atoms with van der Waals surface area (Å²) in [4.78, 5) is 14.8. The van der Waals surface area contributed by atoms with Crippen LogP contribution in [0, 0.1) is 0 Å². The van der Waals surface area contributed by atoms with Crippen molar-refractivity contribution in [2.45, 2.75) is 5.72 Å². The minimum Gasteiger partial charge on any atom is -0.497 e. The highest BCUT2D eigenvalue weighted by Crippen LogP contribution is 2.44. The van der Waals surface area contributed by atoms with Gasteiger partial charge in [0.25, 0.3) is 0 Å². The zero-order valence-corrected chi connectivity index (χ0v) is 17.4. The van der Waals surface area contributed by atoms with Crippen molar-refractivity contribution in [1.82, 2.24) is 0 Å². The highest BCUT2D eigenvalue weighted by Gasteiger charge is 2.47. The van der Waals surface area contributed by atoms with Crippen molar-refractivity contribution in [3.8, 4) is 11.5 Å². The summed E-state index contributed by atoms with van der Waals surface area (Å²) in [5, 5.41) is 3.44. The second kappa shape index (κ2) is 7.63. The maximum atomic E-state index is 12.8. The molecule has 1 unspecified atom stereocenters. The van der Waals surface area contributed by atoms with Crippen LogP contribution in [0.25, 0.3) is 0 Å². The first-order valence-electron chi connectivity index (χ1n) is 9.59. The van der Waals surface area contributed by atoms with Crippen molar-refractivity contribution < 1.29 is 19.0 Å². The molecule has 1 aliphatic heterocycles. The lowest BCUT2D eigenvalue weighted by Gasteiger charge is -2.32. The van der Waals surface area contributed by atoms with E-state index in [4.69, 9.17) is 14.2 Å². The van der Waals surface area contributed by atoms with Crippen molar-refractivity contribution in [2.75, 3.05) is 38.5 Å². The Morgan fingerprint density at radius 3 is 2.33 bits per heavy atom. The number of methoxy groups -OCH3 is 2. The Morgan fingerprint density at radius 2 is 1.67 bits per heavy atom. The number of hydrogen-bond donors (Lipinski definition) is 1. The Bertz CT molecular complexity index is 1080. The van der Waals surface area contributed by atoms with E-state index in [0.717, 1.165) is 16.8 Å². The number of anilines is 2. The lowest BCUT2D eigenvalue weighted by Crippen LogP contribution is -2.37. The summed E-state index contributed by atoms with van der Waals surface area (Å²) >= 11 is 0. The average Bonchev–Trinajstić information content (AvgIpc) is 3.07. The van der Waals surface area contributed by atoms with Crippen LogP contribution in [0.2, 0.25) is 0 Å². The molecule has 3 aromatic rings. The van der Waals surface area contributed by atoms with Gasteiger partial charge in [-0.1, -0.05) is 30.3 Å². The molecule has 0 spiro atoms. The SMILES string of the molecule is COc1ccc(NC2(c3ccc(N(C)C)cc3)OC(=O)c3ccccc32)c(OC)c1. The van der Waals surface area contributed by atoms with Gasteiger partial charge in [0.15, 0.2) is 0 Å². The van der Waals surface area contributed by atoms with E-state index in [9.17, 15) is 4.79 Å². The summed E-state index contributed by atoms with van der Waals surface area (Å²) in [6.07, 6.45) is 0. The van der Waals surface area contributed by atoms with Crippen LogP contribution < -0.4 is 19.7 Å². The van der Waals surface area contributed by atoms with Gasteiger partial charge in [-0.3, -0.25) is 0 Å². The van der Waals surface area contributed by atoms with Crippen LogP contribution in [0.3, 0.4) is 0 Å². The summed E-state index contributed by atoms with van der Waals surface area (Å²) in [7, 11) is 7.16. The number of rotatable bonds is 6. The number of carbonyl (C=O) groups excluding carboxylic acids is 1. The van der Waals surface area contributed by atoms with Crippen LogP contribution in [-0.4, -0.2) is 34.3 Å². The molecule has 0 fully saturated rings. The van der Waals surface area contributed by atoms with Gasteiger partial charge in [0.2, 0.25) is 5.72 Å². The summed E-state index contributed by atoms with van der Waals surface area (Å²) in [6.45, 7) is 0. The Morgan fingerprint density at radius 1 is 0.933 bits per heavy atom. The first-order valence-corrected chi connectivity index (χ1v) is 9.59. The number of ether oxygens (including phenoxy) is 3. The van der Waals surface area contributed by atoms with E-state index in [1.54, 1.807) is 26.4 Å². The van der Waals surface area contributed by atoms with Crippen LogP contribution in [0.4, 0.5) is 11.4 Å². The predicted molar refractivity (Wildman–Crippen MR) is 117 cm³/mol. The first-order chi connectivity index (χ1) is 14.5. The summed E-state index contributed by atoms with van der Waals surface area (Å²) in [5.41, 5.74) is 2.65. The molecule has 0 aliphatic carbocycles. The molecule has 6 heteroatoms. The molecule has 0 aromatic heterocycles. The molecule has 0 radical (unpaired) electrons. The van der Waals surface area contributed by atoms with Crippen molar-refractivity contribution in [3.63, 3.8) is 0 Å². The van der Waals surface area contributed by atoms with Crippen LogP contribution >= 0.6 is 0 Å². The van der Waals surface area contributed by atoms with E-state index in [1.807, 2.05) is 73.6 Å². The Kier molecular flexibility index (Phi) is 4.99. The Hall–Kier alpha value is -3.67. The zero-order chi connectivity index (χ0) is 21.3. The van der Waals surface area contributed by atoms with Gasteiger partial charge in [0.05, 0.1) is 25.5 Å². The standard InChI is InChI=1S/C24H24N2O4/c1-26(2)17-11-9-16(10-12-17)24(20-8-6-5-7-19(20)23(27)30-24)25-21-14-13-18(28-3)15-22(21)29-4/h5-15,25H,1-4H3. The highest BCUT2D eigenvalue weighted by atomic mass is 16.6. The summed E-state index contributed by atoms with van der Waals surface area (Å²) in [6, 6.07) is 20.8. The molecule has 1 heterocycles. The van der Waals surface area contributed by atoms with Gasteiger partial charge in [-0.2, -0.15) is 0 Å². The first kappa shape index (κ1) is 19.6. The van der Waals surface area contributed by atoms with E-state index in [-0.39, 0.29) is 5.97 Å². The third kappa shape index (κ3) is 3.20. The van der Waals surface area contributed by atoms with Gasteiger partial charge in [0, 0.05) is 37.0 Å². The number of benzene rings is 3. The fourth-order valence-corrected chi connectivity index (χ4v) is 3.68. The number of nitrogens with zero attached hydrogens (tertiary/aromatic N) is 1. The van der Waals surface area contributed by atoms with Crippen molar-refractivity contribution in [3.05, 3.63) is 83.4 Å². The van der Waals surface area contributed by atoms with Gasteiger partial charge in [-0.15, -0.1) is 0 Å². The van der Waals surface area contributed by atoms with E-state index in [0.29, 0.717) is 22.7 Å². The van der Waals surface area contributed by atoms with Crippen LogP contribution in [0.1, 0.15) is 21.5 Å². The fraction of sp³-hybridized carbons (Fsp3) is 0.208. The molecular weight excluding hydrogens is 380 g/mol. The van der Waals surface area contributed by atoms with Gasteiger partial charge < -0.3 is 24.4 Å². The number of cyclic esters (lactones) is 1. The number of nitrogens with one attached hydrogen (secondary N) is 1. The molecule has 0 saturated heterocycles. The molecule has 0 saturated carbocycles. The minimum atomic E-state index is -1.18. The van der Waals surface area contributed by atoms with Crippen molar-refractivity contribution in [2.24, 2.45) is 0 Å². The van der Waals surface area contributed by atoms with E-state index >= 15 is 0 Å². The summed E-state index contributed by atoms with van der Waals surface area (Å²) < 4.78 is 16.9. The normalized spacial score (nSPS) is 17.1. The predicted octanol–water partition coefficient (Wildman–Crippen LogP) is 4.25. The lowest BCUT2D eigenvalue weighted by molar-refractivity contribution is 0.0212. The molecule has 3 aromatic carbocycles. The minimum absolute atomic E-state index is 0.373. The molecular formula is C24H24N2O4. The smallest absolute Gasteiger partial charge is 0.341 e. The van der Waals surface area contributed by atoms with Crippen molar-refractivity contribution in [1.29, 1.82) is 0 Å². The molecule has 1 atom stereocenters. The van der Waals surface area contributed by atoms with E-state index in [2.05, 4.69) is 5.32 Å². The maximum absolute atomic E-state index is 12.8. The van der Waals surface area contributed by atoms with E-state index in [1.165, 1.54) is 0 Å². The number of fused-ring (bicyclic) bond motifs is 1. The van der Waals surface area contributed by atoms with E-state index < -0.39 is 5.72 Å². The molecule has 4 rings (SSSR count). The number of carbonyl (C=O) groups is 1. The van der Waals surface area contributed by atoms with Crippen LogP contribution in [0.5, 0.6) is 11.5 Å². The van der Waals surface area contributed by atoms with Gasteiger partial charge in [0.1, 0.15) is 11.5 Å². The second-order valence-corrected chi connectivity index (χ2v) is 7.25. The monoisotopic (exact) mass is 404 g/mol. The third-order valence-corrected chi connectivity index (χ3v) is 5.28. The molecule has 0 bridgehead atoms. The highest BCUT2D eigenvalue weighted by molar-refractivity contribution is 5.96. The molecule has 0 amide bonds. The molecule has 154 valence electrons. The second-order valence-electron chi connectivity index (χ2n) is 7.25. The molecule has 1 aliphatic rings. The lowest BCUT2D eigenvalue weighted by atomic mass is 9.92.